The molecule has 0 bridgehead atoms. The number of likely N-dealkylation sites (N-methyl/N-ethyl adjacent to an activating group) is 1. The predicted octanol–water partition coefficient (Wildman–Crippen LogP) is 1.94. The first kappa shape index (κ1) is 24.0. The van der Waals surface area contributed by atoms with Crippen molar-refractivity contribution in [2.24, 2.45) is 0 Å². The predicted molar refractivity (Wildman–Crippen MR) is 130 cm³/mol. The molecule has 9 nitrogen and oxygen atoms in total. The highest BCUT2D eigenvalue weighted by atomic mass is 32.2. The Morgan fingerprint density at radius 3 is 2.44 bits per heavy atom. The van der Waals surface area contributed by atoms with Crippen molar-refractivity contribution < 1.29 is 22.7 Å². The highest BCUT2D eigenvalue weighted by Gasteiger charge is 2.28. The number of carbonyl (C=O) groups is 2. The van der Waals surface area contributed by atoms with Gasteiger partial charge in [-0.25, -0.2) is 8.42 Å². The van der Waals surface area contributed by atoms with Gasteiger partial charge in [-0.15, -0.1) is 0 Å². The van der Waals surface area contributed by atoms with Crippen molar-refractivity contribution in [2.45, 2.75) is 24.2 Å². The number of ether oxygens (including phenoxy) is 1. The fraction of sp³-hybridized carbons (Fsp3) is 0.417. The van der Waals surface area contributed by atoms with Gasteiger partial charge < -0.3 is 19.9 Å². The van der Waals surface area contributed by atoms with Crippen LogP contribution in [0.2, 0.25) is 0 Å². The fourth-order valence-electron chi connectivity index (χ4n) is 4.27. The first-order chi connectivity index (χ1) is 16.3. The van der Waals surface area contributed by atoms with E-state index in [1.807, 2.05) is 24.3 Å². The van der Waals surface area contributed by atoms with E-state index in [-0.39, 0.29) is 23.3 Å². The number of piperazine rings is 1. The van der Waals surface area contributed by atoms with Gasteiger partial charge in [-0.1, -0.05) is 0 Å². The molecule has 2 heterocycles. The number of fused-ring (bicyclic) bond motifs is 1. The maximum atomic E-state index is 13.1. The minimum Gasteiger partial charge on any atom is -0.497 e. The van der Waals surface area contributed by atoms with Gasteiger partial charge in [-0.05, 0) is 60.9 Å². The quantitative estimate of drug-likeness (QED) is 0.670. The van der Waals surface area contributed by atoms with E-state index in [0.717, 1.165) is 21.3 Å². The summed E-state index contributed by atoms with van der Waals surface area (Å²) in [5.74, 6) is 0.507. The lowest BCUT2D eigenvalue weighted by molar-refractivity contribution is -0.131. The van der Waals surface area contributed by atoms with Crippen LogP contribution in [0.1, 0.15) is 18.4 Å². The number of hydrogen-bond acceptors (Lipinski definition) is 6. The molecule has 10 heteroatoms. The van der Waals surface area contributed by atoms with Crippen LogP contribution in [0.15, 0.2) is 47.4 Å². The van der Waals surface area contributed by atoms with Crippen molar-refractivity contribution in [3.8, 4) is 5.75 Å². The number of amides is 2. The first-order valence-corrected chi connectivity index (χ1v) is 12.8. The molecule has 0 atom stereocenters. The van der Waals surface area contributed by atoms with E-state index in [1.165, 1.54) is 13.1 Å². The summed E-state index contributed by atoms with van der Waals surface area (Å²) in [6.45, 7) is 2.17. The molecule has 4 rings (SSSR count). The molecule has 2 aliphatic heterocycles. The average Bonchev–Trinajstić information content (AvgIpc) is 3.04. The van der Waals surface area contributed by atoms with Crippen molar-refractivity contribution in [3.05, 3.63) is 48.0 Å². The van der Waals surface area contributed by atoms with Gasteiger partial charge in [0.15, 0.2) is 0 Å². The Bertz CT molecular complexity index is 1160. The summed E-state index contributed by atoms with van der Waals surface area (Å²) in [6, 6.07) is 12.5. The maximum Gasteiger partial charge on any atom is 0.243 e. The van der Waals surface area contributed by atoms with Gasteiger partial charge in [0.05, 0.1) is 18.6 Å². The lowest BCUT2D eigenvalue weighted by Gasteiger charge is -2.36. The van der Waals surface area contributed by atoms with Gasteiger partial charge in [-0.3, -0.25) is 9.59 Å². The van der Waals surface area contributed by atoms with Gasteiger partial charge in [-0.2, -0.15) is 4.31 Å². The van der Waals surface area contributed by atoms with E-state index in [1.54, 1.807) is 24.1 Å². The largest absolute Gasteiger partial charge is 0.497 e. The second-order valence-electron chi connectivity index (χ2n) is 8.55. The third-order valence-electron chi connectivity index (χ3n) is 6.34. The number of nitrogens with one attached hydrogen (secondary N) is 1. The van der Waals surface area contributed by atoms with Crippen LogP contribution in [0.25, 0.3) is 0 Å². The number of rotatable bonds is 6. The third kappa shape index (κ3) is 5.18. The topological polar surface area (TPSA) is 99.3 Å². The van der Waals surface area contributed by atoms with Gasteiger partial charge >= 0.3 is 0 Å². The van der Waals surface area contributed by atoms with Crippen LogP contribution in [0.3, 0.4) is 0 Å². The number of nitrogens with zero attached hydrogens (tertiary/aromatic N) is 3. The van der Waals surface area contributed by atoms with E-state index in [4.69, 9.17) is 4.74 Å². The van der Waals surface area contributed by atoms with Crippen molar-refractivity contribution in [1.82, 2.24) is 9.21 Å². The SMILES string of the molecule is COc1ccc(N2CCN(C(=O)CN(C)S(=O)(=O)c3ccc4c(c3)CCCC(=O)N4)CC2)cc1. The van der Waals surface area contributed by atoms with Crippen LogP contribution in [-0.2, 0) is 26.0 Å². The second kappa shape index (κ2) is 10.0. The molecule has 1 fully saturated rings. The summed E-state index contributed by atoms with van der Waals surface area (Å²) in [5, 5.41) is 2.81. The molecule has 1 saturated heterocycles. The van der Waals surface area contributed by atoms with Crippen LogP contribution in [0.4, 0.5) is 11.4 Å². The molecule has 2 amide bonds. The standard InChI is InChI=1S/C24H30N4O5S/c1-26(34(31,32)21-10-11-22-18(16-21)4-3-5-23(29)25-22)17-24(30)28-14-12-27(13-15-28)19-6-8-20(33-2)9-7-19/h6-11,16H,3-5,12-15,17H2,1-2H3,(H,25,29). The van der Waals surface area contributed by atoms with E-state index >= 15 is 0 Å². The molecule has 0 unspecified atom stereocenters. The van der Waals surface area contributed by atoms with Crippen LogP contribution >= 0.6 is 0 Å². The Labute approximate surface area is 200 Å². The monoisotopic (exact) mass is 486 g/mol. The van der Waals surface area contributed by atoms with Crippen molar-refractivity contribution in [3.63, 3.8) is 0 Å². The zero-order valence-electron chi connectivity index (χ0n) is 19.5. The summed E-state index contributed by atoms with van der Waals surface area (Å²) < 4.78 is 32.5. The molecule has 0 saturated carbocycles. The van der Waals surface area contributed by atoms with Crippen LogP contribution in [0, 0.1) is 0 Å². The molecule has 0 aromatic heterocycles. The molecule has 0 radical (unpaired) electrons. The Morgan fingerprint density at radius 2 is 1.76 bits per heavy atom. The molecule has 2 aliphatic rings. The van der Waals surface area contributed by atoms with Crippen molar-refractivity contribution in [1.29, 1.82) is 0 Å². The number of aryl methyl sites for hydroxylation is 1. The van der Waals surface area contributed by atoms with Gasteiger partial charge in [0, 0.05) is 51.0 Å². The number of hydrogen-bond donors (Lipinski definition) is 1. The van der Waals surface area contributed by atoms with Crippen LogP contribution in [0.5, 0.6) is 5.75 Å². The van der Waals surface area contributed by atoms with Gasteiger partial charge in [0.25, 0.3) is 0 Å². The summed E-state index contributed by atoms with van der Waals surface area (Å²) in [7, 11) is -0.788. The first-order valence-electron chi connectivity index (χ1n) is 11.3. The Hall–Kier alpha value is -3.11. The van der Waals surface area contributed by atoms with Gasteiger partial charge in [0.2, 0.25) is 21.8 Å². The van der Waals surface area contributed by atoms with Gasteiger partial charge in [0.1, 0.15) is 5.75 Å². The molecule has 1 N–H and O–H groups in total. The summed E-state index contributed by atoms with van der Waals surface area (Å²) in [6.07, 6.45) is 1.70. The number of methoxy groups -OCH3 is 1. The number of benzene rings is 2. The van der Waals surface area contributed by atoms with Crippen molar-refractivity contribution >= 4 is 33.2 Å². The zero-order chi connectivity index (χ0) is 24.3. The molecule has 0 spiro atoms. The van der Waals surface area contributed by atoms with E-state index in [0.29, 0.717) is 51.1 Å². The second-order valence-corrected chi connectivity index (χ2v) is 10.6. The molecular weight excluding hydrogens is 456 g/mol. The number of carbonyl (C=O) groups excluding carboxylic acids is 2. The Kier molecular flexibility index (Phi) is 7.08. The Balaban J connectivity index is 1.36. The van der Waals surface area contributed by atoms with Crippen molar-refractivity contribution in [2.75, 3.05) is 57.1 Å². The van der Waals surface area contributed by atoms with E-state index in [2.05, 4.69) is 10.2 Å². The molecule has 2 aromatic rings. The van der Waals surface area contributed by atoms with Crippen LogP contribution < -0.4 is 15.0 Å². The fourth-order valence-corrected chi connectivity index (χ4v) is 5.45. The smallest absolute Gasteiger partial charge is 0.243 e. The number of sulfonamides is 1. The van der Waals surface area contributed by atoms with E-state index < -0.39 is 10.0 Å². The molecule has 2 aromatic carbocycles. The summed E-state index contributed by atoms with van der Waals surface area (Å²) in [5.41, 5.74) is 2.50. The summed E-state index contributed by atoms with van der Waals surface area (Å²) in [4.78, 5) is 28.6. The molecule has 182 valence electrons. The van der Waals surface area contributed by atoms with Crippen LogP contribution in [-0.4, -0.2) is 76.3 Å². The minimum absolute atomic E-state index is 0.0656. The molecule has 0 aliphatic carbocycles. The lowest BCUT2D eigenvalue weighted by Crippen LogP contribution is -2.51. The molecular formula is C24H30N4O5S. The highest BCUT2D eigenvalue weighted by molar-refractivity contribution is 7.89. The number of anilines is 2. The Morgan fingerprint density at radius 1 is 1.06 bits per heavy atom. The lowest BCUT2D eigenvalue weighted by atomic mass is 10.1. The maximum absolute atomic E-state index is 13.1. The highest BCUT2D eigenvalue weighted by Crippen LogP contribution is 2.26. The normalized spacial score (nSPS) is 16.6. The summed E-state index contributed by atoms with van der Waals surface area (Å²) >= 11 is 0. The van der Waals surface area contributed by atoms with E-state index in [9.17, 15) is 18.0 Å². The molecule has 34 heavy (non-hydrogen) atoms. The third-order valence-corrected chi connectivity index (χ3v) is 8.14. The zero-order valence-corrected chi connectivity index (χ0v) is 20.3. The minimum atomic E-state index is -3.84. The average molecular weight is 487 g/mol.